The molecule has 1 aliphatic heterocycles. The molecule has 1 N–H and O–H groups in total. The fourth-order valence-electron chi connectivity index (χ4n) is 3.82. The van der Waals surface area contributed by atoms with Gasteiger partial charge in [0, 0.05) is 30.6 Å². The van der Waals surface area contributed by atoms with E-state index < -0.39 is 5.82 Å². The Morgan fingerprint density at radius 1 is 1.23 bits per heavy atom. The summed E-state index contributed by atoms with van der Waals surface area (Å²) < 4.78 is 30.1. The number of rotatable bonds is 8. The van der Waals surface area contributed by atoms with Crippen LogP contribution in [0.1, 0.15) is 28.6 Å². The van der Waals surface area contributed by atoms with E-state index in [-0.39, 0.29) is 18.3 Å². The molecule has 0 saturated carbocycles. The fraction of sp³-hybridized carbons (Fsp3) is 0.292. The van der Waals surface area contributed by atoms with Crippen molar-refractivity contribution in [3.8, 4) is 5.75 Å². The quantitative estimate of drug-likeness (QED) is 0.534. The van der Waals surface area contributed by atoms with Crippen LogP contribution in [0.25, 0.3) is 0 Å². The molecule has 1 unspecified atom stereocenters. The van der Waals surface area contributed by atoms with Crippen LogP contribution in [-0.4, -0.2) is 32.3 Å². The summed E-state index contributed by atoms with van der Waals surface area (Å²) >= 11 is 0. The first kappa shape index (κ1) is 20.9. The van der Waals surface area contributed by atoms with Gasteiger partial charge >= 0.3 is 0 Å². The average molecular weight is 424 g/mol. The third kappa shape index (κ3) is 4.56. The number of hydrogen-bond donors (Lipinski definition) is 1. The molecule has 1 aromatic heterocycles. The molecule has 0 saturated heterocycles. The number of nitrogens with one attached hydrogen (secondary N) is 1. The van der Waals surface area contributed by atoms with Crippen LogP contribution in [0, 0.1) is 5.82 Å². The van der Waals surface area contributed by atoms with Crippen LogP contribution < -0.4 is 15.0 Å². The molecule has 2 heterocycles. The summed E-state index contributed by atoms with van der Waals surface area (Å²) in [7, 11) is 1.55. The molecule has 3 aromatic rings. The van der Waals surface area contributed by atoms with Gasteiger partial charge in [-0.15, -0.1) is 0 Å². The molecule has 0 radical (unpaired) electrons. The summed E-state index contributed by atoms with van der Waals surface area (Å²) in [5, 5.41) is 2.74. The summed E-state index contributed by atoms with van der Waals surface area (Å²) in [6, 6.07) is 14.5. The normalized spacial score (nSPS) is 15.1. The van der Waals surface area contributed by atoms with E-state index in [1.807, 2.05) is 12.1 Å². The lowest BCUT2D eigenvalue weighted by Gasteiger charge is -2.24. The van der Waals surface area contributed by atoms with Gasteiger partial charge < -0.3 is 24.1 Å². The van der Waals surface area contributed by atoms with Gasteiger partial charge in [-0.2, -0.15) is 0 Å². The van der Waals surface area contributed by atoms with Crippen molar-refractivity contribution in [2.75, 3.05) is 30.5 Å². The summed E-state index contributed by atoms with van der Waals surface area (Å²) in [6.07, 6.45) is 2.46. The van der Waals surface area contributed by atoms with Gasteiger partial charge in [0.15, 0.2) is 11.6 Å². The Labute approximate surface area is 180 Å². The van der Waals surface area contributed by atoms with Crippen LogP contribution in [0.4, 0.5) is 15.8 Å². The van der Waals surface area contributed by atoms with Gasteiger partial charge in [0.1, 0.15) is 12.4 Å². The zero-order valence-electron chi connectivity index (χ0n) is 17.6. The van der Waals surface area contributed by atoms with E-state index in [1.165, 1.54) is 24.0 Å². The highest BCUT2D eigenvalue weighted by molar-refractivity contribution is 6.05. The van der Waals surface area contributed by atoms with E-state index >= 15 is 0 Å². The van der Waals surface area contributed by atoms with E-state index in [9.17, 15) is 9.18 Å². The van der Waals surface area contributed by atoms with E-state index in [4.69, 9.17) is 13.9 Å². The maximum Gasteiger partial charge on any atom is 0.259 e. The maximum atomic E-state index is 14.3. The number of nitrogens with zero attached hydrogens (tertiary/aromatic N) is 1. The topological polar surface area (TPSA) is 63.9 Å². The second-order valence-electron chi connectivity index (χ2n) is 7.51. The smallest absolute Gasteiger partial charge is 0.259 e. The van der Waals surface area contributed by atoms with Gasteiger partial charge in [0.05, 0.1) is 25.0 Å². The lowest BCUT2D eigenvalue weighted by Crippen LogP contribution is -2.29. The monoisotopic (exact) mass is 424 g/mol. The minimum atomic E-state index is -0.552. The number of carbonyl (C=O) groups is 1. The number of halogens is 1. The largest absolute Gasteiger partial charge is 0.488 e. The molecule has 1 amide bonds. The third-order valence-electron chi connectivity index (χ3n) is 5.39. The summed E-state index contributed by atoms with van der Waals surface area (Å²) in [6.45, 7) is 3.24. The Morgan fingerprint density at radius 2 is 2.06 bits per heavy atom. The first-order chi connectivity index (χ1) is 15.1. The Kier molecular flexibility index (Phi) is 6.23. The molecule has 31 heavy (non-hydrogen) atoms. The predicted octanol–water partition coefficient (Wildman–Crippen LogP) is 4.65. The number of anilines is 2. The number of fused-ring (bicyclic) bond motifs is 1. The minimum Gasteiger partial charge on any atom is -0.488 e. The van der Waals surface area contributed by atoms with Crippen molar-refractivity contribution >= 4 is 17.3 Å². The lowest BCUT2D eigenvalue weighted by atomic mass is 10.1. The maximum absolute atomic E-state index is 14.3. The number of methoxy groups -OCH3 is 1. The van der Waals surface area contributed by atoms with Crippen LogP contribution in [0.2, 0.25) is 0 Å². The molecule has 0 spiro atoms. The van der Waals surface area contributed by atoms with Crippen LogP contribution in [0.3, 0.4) is 0 Å². The highest BCUT2D eigenvalue weighted by Gasteiger charge is 2.28. The standard InChI is InChI=1S/C24H25FN2O4/c1-16-13-17-5-3-4-6-21(17)27(16)15-23-19(9-10-30-23)24(28)26-18-7-8-22(20(25)14-18)31-12-11-29-2/h3-10,14,16H,11-13,15H2,1-2H3,(H,26,28). The van der Waals surface area contributed by atoms with Gasteiger partial charge in [-0.05, 0) is 43.2 Å². The molecular formula is C24H25FN2O4. The molecule has 0 aliphatic carbocycles. The van der Waals surface area contributed by atoms with Crippen molar-refractivity contribution in [3.63, 3.8) is 0 Å². The van der Waals surface area contributed by atoms with Crippen molar-refractivity contribution < 1.29 is 23.1 Å². The fourth-order valence-corrected chi connectivity index (χ4v) is 3.82. The van der Waals surface area contributed by atoms with E-state index in [0.717, 1.165) is 12.1 Å². The molecule has 0 bridgehead atoms. The highest BCUT2D eigenvalue weighted by Crippen LogP contribution is 2.33. The lowest BCUT2D eigenvalue weighted by molar-refractivity contribution is 0.102. The van der Waals surface area contributed by atoms with Gasteiger partial charge in [-0.1, -0.05) is 18.2 Å². The van der Waals surface area contributed by atoms with Crippen LogP contribution >= 0.6 is 0 Å². The van der Waals surface area contributed by atoms with E-state index in [1.54, 1.807) is 19.2 Å². The third-order valence-corrected chi connectivity index (χ3v) is 5.39. The average Bonchev–Trinajstić information content (AvgIpc) is 3.34. The minimum absolute atomic E-state index is 0.112. The van der Waals surface area contributed by atoms with Crippen molar-refractivity contribution in [1.29, 1.82) is 0 Å². The Bertz CT molecular complexity index is 1070. The summed E-state index contributed by atoms with van der Waals surface area (Å²) in [5.41, 5.74) is 3.21. The van der Waals surface area contributed by atoms with Crippen molar-refractivity contribution in [1.82, 2.24) is 0 Å². The Morgan fingerprint density at radius 3 is 2.87 bits per heavy atom. The Balaban J connectivity index is 1.45. The molecule has 2 aromatic carbocycles. The van der Waals surface area contributed by atoms with Gasteiger partial charge in [-0.3, -0.25) is 4.79 Å². The zero-order valence-corrected chi connectivity index (χ0v) is 17.6. The van der Waals surface area contributed by atoms with Crippen molar-refractivity contribution in [3.05, 3.63) is 77.5 Å². The second kappa shape index (κ2) is 9.22. The number of furan rings is 1. The number of carbonyl (C=O) groups excluding carboxylic acids is 1. The first-order valence-electron chi connectivity index (χ1n) is 10.2. The van der Waals surface area contributed by atoms with Gasteiger partial charge in [0.25, 0.3) is 5.91 Å². The van der Waals surface area contributed by atoms with E-state index in [2.05, 4.69) is 29.3 Å². The number of para-hydroxylation sites is 1. The zero-order chi connectivity index (χ0) is 21.8. The first-order valence-corrected chi connectivity index (χ1v) is 10.2. The van der Waals surface area contributed by atoms with Crippen LogP contribution in [0.5, 0.6) is 5.75 Å². The molecule has 6 nitrogen and oxygen atoms in total. The molecule has 1 atom stereocenters. The molecule has 0 fully saturated rings. The van der Waals surface area contributed by atoms with Crippen molar-refractivity contribution in [2.45, 2.75) is 25.9 Å². The Hall–Kier alpha value is -3.32. The molecule has 1 aliphatic rings. The number of hydrogen-bond acceptors (Lipinski definition) is 5. The summed E-state index contributed by atoms with van der Waals surface area (Å²) in [5.74, 6) is -0.220. The van der Waals surface area contributed by atoms with Crippen molar-refractivity contribution in [2.24, 2.45) is 0 Å². The number of benzene rings is 2. The molecule has 7 heteroatoms. The second-order valence-corrected chi connectivity index (χ2v) is 7.51. The molecular weight excluding hydrogens is 399 g/mol. The number of amides is 1. The number of ether oxygens (including phenoxy) is 2. The SMILES string of the molecule is COCCOc1ccc(NC(=O)c2ccoc2CN2c3ccccc3CC2C)cc1F. The highest BCUT2D eigenvalue weighted by atomic mass is 19.1. The molecule has 162 valence electrons. The van der Waals surface area contributed by atoms with Gasteiger partial charge in [-0.25, -0.2) is 4.39 Å². The predicted molar refractivity (Wildman–Crippen MR) is 116 cm³/mol. The van der Waals surface area contributed by atoms with Gasteiger partial charge in [0.2, 0.25) is 0 Å². The summed E-state index contributed by atoms with van der Waals surface area (Å²) in [4.78, 5) is 15.1. The molecule has 4 rings (SSSR count). The van der Waals surface area contributed by atoms with Crippen LogP contribution in [0.15, 0.2) is 59.2 Å². The van der Waals surface area contributed by atoms with Crippen LogP contribution in [-0.2, 0) is 17.7 Å². The van der Waals surface area contributed by atoms with E-state index in [0.29, 0.717) is 36.2 Å².